The summed E-state index contributed by atoms with van der Waals surface area (Å²) in [5, 5.41) is 0. The van der Waals surface area contributed by atoms with Crippen molar-refractivity contribution in [1.82, 2.24) is 0 Å². The van der Waals surface area contributed by atoms with Crippen LogP contribution in [0.2, 0.25) is 0 Å². The predicted octanol–water partition coefficient (Wildman–Crippen LogP) is 3.03. The van der Waals surface area contributed by atoms with E-state index in [1.165, 1.54) is 20.3 Å². The van der Waals surface area contributed by atoms with Crippen molar-refractivity contribution in [2.75, 3.05) is 14.2 Å². The van der Waals surface area contributed by atoms with E-state index in [4.69, 9.17) is 15.2 Å². The molecular weight excluding hydrogens is 264 g/mol. The third-order valence-corrected chi connectivity index (χ3v) is 3.04. The number of ether oxygens (including phenoxy) is 2. The Morgan fingerprint density at radius 1 is 0.850 bits per heavy atom. The van der Waals surface area contributed by atoms with Crippen LogP contribution in [0.1, 0.15) is 17.2 Å². The molecule has 0 radical (unpaired) electrons. The van der Waals surface area contributed by atoms with Crippen LogP contribution in [0.15, 0.2) is 36.4 Å². The van der Waals surface area contributed by atoms with Crippen molar-refractivity contribution in [3.05, 3.63) is 59.2 Å². The highest BCUT2D eigenvalue weighted by atomic mass is 19.2. The first-order valence-electron chi connectivity index (χ1n) is 5.98. The molecule has 2 aromatic carbocycles. The summed E-state index contributed by atoms with van der Waals surface area (Å²) >= 11 is 0. The molecule has 1 atom stereocenters. The fourth-order valence-electron chi connectivity index (χ4n) is 1.91. The Hall–Kier alpha value is -2.14. The van der Waals surface area contributed by atoms with Gasteiger partial charge in [0.2, 0.25) is 0 Å². The smallest absolute Gasteiger partial charge is 0.159 e. The number of rotatable bonds is 4. The summed E-state index contributed by atoms with van der Waals surface area (Å²) in [5.41, 5.74) is 7.24. The summed E-state index contributed by atoms with van der Waals surface area (Å²) in [6.45, 7) is 0. The van der Waals surface area contributed by atoms with E-state index in [9.17, 15) is 8.78 Å². The van der Waals surface area contributed by atoms with Crippen molar-refractivity contribution in [3.8, 4) is 11.5 Å². The molecule has 0 aliphatic carbocycles. The second-order valence-corrected chi connectivity index (χ2v) is 4.30. The molecule has 0 saturated carbocycles. The van der Waals surface area contributed by atoms with E-state index < -0.39 is 17.7 Å². The van der Waals surface area contributed by atoms with Gasteiger partial charge in [0.05, 0.1) is 20.3 Å². The maximum Gasteiger partial charge on any atom is 0.159 e. The molecule has 0 aliphatic rings. The minimum Gasteiger partial charge on any atom is -0.497 e. The Morgan fingerprint density at radius 2 is 1.45 bits per heavy atom. The highest BCUT2D eigenvalue weighted by Gasteiger charge is 2.14. The van der Waals surface area contributed by atoms with Crippen LogP contribution in [-0.2, 0) is 0 Å². The minimum absolute atomic E-state index is 0.471. The van der Waals surface area contributed by atoms with Crippen LogP contribution < -0.4 is 15.2 Å². The van der Waals surface area contributed by atoms with Crippen LogP contribution in [0, 0.1) is 11.6 Å². The van der Waals surface area contributed by atoms with Crippen LogP contribution in [0.5, 0.6) is 11.5 Å². The van der Waals surface area contributed by atoms with E-state index in [-0.39, 0.29) is 0 Å². The van der Waals surface area contributed by atoms with E-state index >= 15 is 0 Å². The molecule has 0 saturated heterocycles. The molecule has 2 rings (SSSR count). The number of halogens is 2. The second kappa shape index (κ2) is 5.88. The van der Waals surface area contributed by atoms with Gasteiger partial charge in [0.15, 0.2) is 11.6 Å². The van der Waals surface area contributed by atoms with Crippen LogP contribution in [-0.4, -0.2) is 14.2 Å². The fraction of sp³-hybridized carbons (Fsp3) is 0.200. The summed E-state index contributed by atoms with van der Waals surface area (Å²) in [6, 6.07) is 8.17. The van der Waals surface area contributed by atoms with E-state index in [1.807, 2.05) is 0 Å². The number of benzene rings is 2. The van der Waals surface area contributed by atoms with Gasteiger partial charge in [-0.3, -0.25) is 0 Å². The average Bonchev–Trinajstić information content (AvgIpc) is 2.48. The van der Waals surface area contributed by atoms with Crippen molar-refractivity contribution in [1.29, 1.82) is 0 Å². The summed E-state index contributed by atoms with van der Waals surface area (Å²) in [5.74, 6) is -0.660. The first kappa shape index (κ1) is 14.3. The maximum atomic E-state index is 13.3. The molecule has 20 heavy (non-hydrogen) atoms. The molecule has 2 aromatic rings. The topological polar surface area (TPSA) is 44.5 Å². The van der Waals surface area contributed by atoms with Gasteiger partial charge < -0.3 is 15.2 Å². The predicted molar refractivity (Wildman–Crippen MR) is 71.9 cm³/mol. The zero-order valence-corrected chi connectivity index (χ0v) is 11.2. The Labute approximate surface area is 115 Å². The summed E-state index contributed by atoms with van der Waals surface area (Å²) < 4.78 is 36.5. The quantitative estimate of drug-likeness (QED) is 0.935. The average molecular weight is 279 g/mol. The van der Waals surface area contributed by atoms with Gasteiger partial charge in [-0.1, -0.05) is 6.07 Å². The van der Waals surface area contributed by atoms with E-state index in [0.29, 0.717) is 22.6 Å². The number of nitrogens with two attached hydrogens (primary N) is 1. The van der Waals surface area contributed by atoms with Gasteiger partial charge in [-0.15, -0.1) is 0 Å². The molecule has 3 nitrogen and oxygen atoms in total. The molecule has 0 fully saturated rings. The molecule has 0 aromatic heterocycles. The highest BCUT2D eigenvalue weighted by Crippen LogP contribution is 2.29. The zero-order chi connectivity index (χ0) is 14.7. The van der Waals surface area contributed by atoms with Crippen LogP contribution in [0.4, 0.5) is 8.78 Å². The number of hydrogen-bond acceptors (Lipinski definition) is 3. The molecule has 1 unspecified atom stereocenters. The first-order chi connectivity index (χ1) is 9.55. The van der Waals surface area contributed by atoms with Gasteiger partial charge in [-0.25, -0.2) is 8.78 Å². The molecule has 0 amide bonds. The van der Waals surface area contributed by atoms with Crippen molar-refractivity contribution in [3.63, 3.8) is 0 Å². The first-order valence-corrected chi connectivity index (χ1v) is 5.98. The lowest BCUT2D eigenvalue weighted by Crippen LogP contribution is -2.12. The summed E-state index contributed by atoms with van der Waals surface area (Å²) in [7, 11) is 3.06. The number of methoxy groups -OCH3 is 2. The van der Waals surface area contributed by atoms with Gasteiger partial charge in [-0.05, 0) is 35.4 Å². The molecular formula is C15H15F2NO2. The lowest BCUT2D eigenvalue weighted by molar-refractivity contribution is 0.393. The molecule has 0 spiro atoms. The van der Waals surface area contributed by atoms with E-state index in [1.54, 1.807) is 18.2 Å². The van der Waals surface area contributed by atoms with Crippen molar-refractivity contribution < 1.29 is 18.3 Å². The summed E-state index contributed by atoms with van der Waals surface area (Å²) in [6.07, 6.45) is 0. The zero-order valence-electron chi connectivity index (χ0n) is 11.2. The molecule has 5 heteroatoms. The minimum atomic E-state index is -0.923. The van der Waals surface area contributed by atoms with Crippen LogP contribution >= 0.6 is 0 Å². The van der Waals surface area contributed by atoms with E-state index in [0.717, 1.165) is 12.1 Å². The third kappa shape index (κ3) is 2.88. The van der Waals surface area contributed by atoms with Gasteiger partial charge >= 0.3 is 0 Å². The fourth-order valence-corrected chi connectivity index (χ4v) is 1.91. The Bertz CT molecular complexity index is 595. The molecule has 0 heterocycles. The van der Waals surface area contributed by atoms with Crippen LogP contribution in [0.3, 0.4) is 0 Å². The Balaban J connectivity index is 2.41. The lowest BCUT2D eigenvalue weighted by atomic mass is 9.99. The Morgan fingerprint density at radius 3 is 1.95 bits per heavy atom. The van der Waals surface area contributed by atoms with Gasteiger partial charge in [-0.2, -0.15) is 0 Å². The second-order valence-electron chi connectivity index (χ2n) is 4.30. The van der Waals surface area contributed by atoms with Gasteiger partial charge in [0.25, 0.3) is 0 Å². The number of hydrogen-bond donors (Lipinski definition) is 1. The van der Waals surface area contributed by atoms with Crippen molar-refractivity contribution >= 4 is 0 Å². The molecule has 0 aliphatic heterocycles. The van der Waals surface area contributed by atoms with E-state index in [2.05, 4.69) is 0 Å². The highest BCUT2D eigenvalue weighted by molar-refractivity contribution is 5.43. The monoisotopic (exact) mass is 279 g/mol. The molecule has 106 valence electrons. The lowest BCUT2D eigenvalue weighted by Gasteiger charge is -2.15. The Kier molecular flexibility index (Phi) is 4.20. The standard InChI is InChI=1S/C15H15F2NO2/c1-19-11-5-10(6-12(8-11)20-2)15(18)9-3-4-13(16)14(17)7-9/h3-8,15H,18H2,1-2H3. The van der Waals surface area contributed by atoms with Gasteiger partial charge in [0.1, 0.15) is 11.5 Å². The van der Waals surface area contributed by atoms with Gasteiger partial charge in [0, 0.05) is 6.07 Å². The summed E-state index contributed by atoms with van der Waals surface area (Å²) in [4.78, 5) is 0. The maximum absolute atomic E-state index is 13.3. The SMILES string of the molecule is COc1cc(OC)cc(C(N)c2ccc(F)c(F)c2)c1. The van der Waals surface area contributed by atoms with Crippen molar-refractivity contribution in [2.45, 2.75) is 6.04 Å². The largest absolute Gasteiger partial charge is 0.497 e. The molecule has 2 N–H and O–H groups in total. The molecule has 0 bridgehead atoms. The third-order valence-electron chi connectivity index (χ3n) is 3.04. The van der Waals surface area contributed by atoms with Crippen molar-refractivity contribution in [2.24, 2.45) is 5.73 Å². The van der Waals surface area contributed by atoms with Crippen LogP contribution in [0.25, 0.3) is 0 Å². The normalized spacial score (nSPS) is 12.1.